The van der Waals surface area contributed by atoms with Gasteiger partial charge in [0.2, 0.25) is 21.7 Å². The van der Waals surface area contributed by atoms with Crippen LogP contribution in [0.25, 0.3) is 11.4 Å². The average molecular weight is 421 g/mol. The number of benzene rings is 2. The van der Waals surface area contributed by atoms with E-state index in [4.69, 9.17) is 16.1 Å². The summed E-state index contributed by atoms with van der Waals surface area (Å²) in [5.74, 6) is 0.0440. The molecular weight excluding hydrogens is 404 g/mol. The Hall–Kier alpha value is -2.75. The van der Waals surface area contributed by atoms with Crippen LogP contribution in [0.4, 0.5) is 0 Å². The summed E-state index contributed by atoms with van der Waals surface area (Å²) in [6, 6.07) is 12.8. The monoisotopic (exact) mass is 420 g/mol. The quantitative estimate of drug-likeness (QED) is 0.657. The van der Waals surface area contributed by atoms with E-state index in [9.17, 15) is 13.2 Å². The van der Waals surface area contributed by atoms with Crippen molar-refractivity contribution >= 4 is 27.5 Å². The molecule has 8 nitrogen and oxygen atoms in total. The van der Waals surface area contributed by atoms with E-state index in [0.717, 1.165) is 4.31 Å². The van der Waals surface area contributed by atoms with Crippen LogP contribution in [-0.2, 0) is 16.6 Å². The molecule has 0 aliphatic carbocycles. The van der Waals surface area contributed by atoms with Gasteiger partial charge in [0.05, 0.1) is 16.5 Å². The van der Waals surface area contributed by atoms with Crippen LogP contribution in [0, 0.1) is 0 Å². The highest BCUT2D eigenvalue weighted by molar-refractivity contribution is 7.89. The van der Waals surface area contributed by atoms with Gasteiger partial charge in [-0.15, -0.1) is 0 Å². The largest absolute Gasteiger partial charge is 0.343 e. The third-order valence-corrected chi connectivity index (χ3v) is 6.00. The van der Waals surface area contributed by atoms with Crippen LogP contribution in [0.2, 0.25) is 5.02 Å². The predicted molar refractivity (Wildman–Crippen MR) is 103 cm³/mol. The summed E-state index contributed by atoms with van der Waals surface area (Å²) < 4.78 is 30.6. The lowest BCUT2D eigenvalue weighted by molar-refractivity contribution is 0.0946. The smallest absolute Gasteiger partial charge is 0.251 e. The summed E-state index contributed by atoms with van der Waals surface area (Å²) in [6.07, 6.45) is 0. The van der Waals surface area contributed by atoms with Crippen molar-refractivity contribution in [2.45, 2.75) is 11.4 Å². The number of carbonyl (C=O) groups excluding carboxylic acids is 1. The zero-order valence-corrected chi connectivity index (χ0v) is 16.7. The molecule has 0 bridgehead atoms. The molecule has 1 aromatic heterocycles. The maximum absolute atomic E-state index is 12.4. The molecule has 1 N–H and O–H groups in total. The SMILES string of the molecule is CN(C)S(=O)(=O)c1cccc(C(=O)NCc2nc(-c3ccccc3Cl)no2)c1. The van der Waals surface area contributed by atoms with Gasteiger partial charge in [0.1, 0.15) is 0 Å². The molecule has 3 aromatic rings. The first-order chi connectivity index (χ1) is 13.3. The third kappa shape index (κ3) is 4.22. The number of nitrogens with one attached hydrogen (secondary N) is 1. The Balaban J connectivity index is 1.71. The van der Waals surface area contributed by atoms with Gasteiger partial charge in [-0.25, -0.2) is 12.7 Å². The fraction of sp³-hybridized carbons (Fsp3) is 0.167. The Bertz CT molecular complexity index is 1110. The van der Waals surface area contributed by atoms with E-state index in [1.165, 1.54) is 38.4 Å². The minimum Gasteiger partial charge on any atom is -0.343 e. The van der Waals surface area contributed by atoms with E-state index < -0.39 is 15.9 Å². The summed E-state index contributed by atoms with van der Waals surface area (Å²) in [7, 11) is -0.782. The molecular formula is C18H17ClN4O4S. The van der Waals surface area contributed by atoms with Crippen molar-refractivity contribution in [3.8, 4) is 11.4 Å². The van der Waals surface area contributed by atoms with E-state index in [0.29, 0.717) is 16.4 Å². The zero-order valence-electron chi connectivity index (χ0n) is 15.1. The standard InChI is InChI=1S/C18H17ClN4O4S/c1-23(2)28(25,26)13-7-5-6-12(10-13)18(24)20-11-16-21-17(22-27-16)14-8-3-4-9-15(14)19/h3-10H,11H2,1-2H3,(H,20,24). The first-order valence-electron chi connectivity index (χ1n) is 8.17. The van der Waals surface area contributed by atoms with Crippen molar-refractivity contribution in [2.24, 2.45) is 0 Å². The van der Waals surface area contributed by atoms with Gasteiger partial charge in [0.25, 0.3) is 5.91 Å². The lowest BCUT2D eigenvalue weighted by Crippen LogP contribution is -2.25. The van der Waals surface area contributed by atoms with E-state index in [1.807, 2.05) is 0 Å². The molecule has 146 valence electrons. The van der Waals surface area contributed by atoms with Crippen LogP contribution in [0.5, 0.6) is 0 Å². The van der Waals surface area contributed by atoms with Gasteiger partial charge in [-0.05, 0) is 30.3 Å². The normalized spacial score (nSPS) is 11.6. The molecule has 0 atom stereocenters. The van der Waals surface area contributed by atoms with Crippen LogP contribution >= 0.6 is 11.6 Å². The number of sulfonamides is 1. The Kier molecular flexibility index (Phi) is 5.78. The van der Waals surface area contributed by atoms with Gasteiger partial charge in [-0.3, -0.25) is 4.79 Å². The number of halogens is 1. The predicted octanol–water partition coefficient (Wildman–Crippen LogP) is 2.57. The molecule has 3 rings (SSSR count). The van der Waals surface area contributed by atoms with Crippen LogP contribution in [0.15, 0.2) is 57.9 Å². The molecule has 0 unspecified atom stereocenters. The number of carbonyl (C=O) groups is 1. The first-order valence-corrected chi connectivity index (χ1v) is 9.99. The molecule has 0 fully saturated rings. The average Bonchev–Trinajstić information content (AvgIpc) is 3.15. The first kappa shape index (κ1) is 20.0. The number of nitrogens with zero attached hydrogens (tertiary/aromatic N) is 3. The highest BCUT2D eigenvalue weighted by Gasteiger charge is 2.19. The minimum absolute atomic E-state index is 0.0130. The highest BCUT2D eigenvalue weighted by Crippen LogP contribution is 2.24. The summed E-state index contributed by atoms with van der Waals surface area (Å²) in [5.41, 5.74) is 0.820. The molecule has 28 heavy (non-hydrogen) atoms. The fourth-order valence-electron chi connectivity index (χ4n) is 2.35. The Morgan fingerprint density at radius 3 is 2.64 bits per heavy atom. The van der Waals surface area contributed by atoms with Gasteiger partial charge in [0, 0.05) is 25.2 Å². The van der Waals surface area contributed by atoms with Crippen LogP contribution < -0.4 is 5.32 Å². The van der Waals surface area contributed by atoms with Crippen LogP contribution in [0.3, 0.4) is 0 Å². The molecule has 0 radical (unpaired) electrons. The fourth-order valence-corrected chi connectivity index (χ4v) is 3.51. The van der Waals surface area contributed by atoms with Gasteiger partial charge >= 0.3 is 0 Å². The maximum Gasteiger partial charge on any atom is 0.251 e. The van der Waals surface area contributed by atoms with Gasteiger partial charge in [-0.1, -0.05) is 35.0 Å². The summed E-state index contributed by atoms with van der Waals surface area (Å²) >= 11 is 6.11. The minimum atomic E-state index is -3.63. The van der Waals surface area contributed by atoms with Crippen molar-refractivity contribution in [1.82, 2.24) is 19.8 Å². The molecule has 0 saturated heterocycles. The van der Waals surface area contributed by atoms with Crippen molar-refractivity contribution in [2.75, 3.05) is 14.1 Å². The van der Waals surface area contributed by atoms with Gasteiger partial charge in [0.15, 0.2) is 0 Å². The Morgan fingerprint density at radius 2 is 1.93 bits per heavy atom. The number of rotatable bonds is 6. The molecule has 0 saturated carbocycles. The lowest BCUT2D eigenvalue weighted by Gasteiger charge is -2.12. The Labute approximate surface area is 167 Å². The van der Waals surface area contributed by atoms with Crippen molar-refractivity contribution in [3.05, 3.63) is 65.0 Å². The number of aromatic nitrogens is 2. The second kappa shape index (κ2) is 8.09. The van der Waals surface area contributed by atoms with Crippen molar-refractivity contribution in [1.29, 1.82) is 0 Å². The second-order valence-corrected chi connectivity index (χ2v) is 8.55. The van der Waals surface area contributed by atoms with Crippen LogP contribution in [0.1, 0.15) is 16.2 Å². The molecule has 0 aliphatic heterocycles. The molecule has 1 amide bonds. The molecule has 0 spiro atoms. The van der Waals surface area contributed by atoms with E-state index in [-0.39, 0.29) is 22.9 Å². The molecule has 0 aliphatic rings. The molecule has 2 aromatic carbocycles. The van der Waals surface area contributed by atoms with E-state index in [1.54, 1.807) is 24.3 Å². The zero-order chi connectivity index (χ0) is 20.3. The van der Waals surface area contributed by atoms with Crippen LogP contribution in [-0.4, -0.2) is 42.9 Å². The van der Waals surface area contributed by atoms with E-state index in [2.05, 4.69) is 15.5 Å². The summed E-state index contributed by atoms with van der Waals surface area (Å²) in [6.45, 7) is -0.0130. The van der Waals surface area contributed by atoms with Crippen molar-refractivity contribution < 1.29 is 17.7 Å². The van der Waals surface area contributed by atoms with Gasteiger partial charge in [-0.2, -0.15) is 4.98 Å². The topological polar surface area (TPSA) is 105 Å². The summed E-state index contributed by atoms with van der Waals surface area (Å²) in [4.78, 5) is 16.6. The second-order valence-electron chi connectivity index (χ2n) is 5.99. The van der Waals surface area contributed by atoms with Gasteiger partial charge < -0.3 is 9.84 Å². The number of amides is 1. The summed E-state index contributed by atoms with van der Waals surface area (Å²) in [5, 5.41) is 6.97. The number of hydrogen-bond donors (Lipinski definition) is 1. The number of hydrogen-bond acceptors (Lipinski definition) is 6. The molecule has 10 heteroatoms. The highest BCUT2D eigenvalue weighted by atomic mass is 35.5. The lowest BCUT2D eigenvalue weighted by atomic mass is 10.2. The Morgan fingerprint density at radius 1 is 1.18 bits per heavy atom. The maximum atomic E-state index is 12.4. The van der Waals surface area contributed by atoms with Crippen molar-refractivity contribution in [3.63, 3.8) is 0 Å². The third-order valence-electron chi connectivity index (χ3n) is 3.86. The molecule has 1 heterocycles. The van der Waals surface area contributed by atoms with E-state index >= 15 is 0 Å².